The summed E-state index contributed by atoms with van der Waals surface area (Å²) in [4.78, 5) is 32.8. The lowest BCUT2D eigenvalue weighted by molar-refractivity contribution is 0.389. The Hall–Kier alpha value is -6.04. The monoisotopic (exact) mass is 602 g/mol. The molecule has 6 heterocycles. The zero-order valence-corrected chi connectivity index (χ0v) is 24.6. The second-order valence-corrected chi connectivity index (χ2v) is 10.4. The van der Waals surface area contributed by atoms with Gasteiger partial charge in [-0.25, -0.2) is 9.97 Å². The third-order valence-corrected chi connectivity index (χ3v) is 7.87. The fraction of sp³-hybridized carbons (Fsp3) is 0.152. The van der Waals surface area contributed by atoms with Gasteiger partial charge in [-0.15, -0.1) is 0 Å². The summed E-state index contributed by atoms with van der Waals surface area (Å²) in [6.07, 6.45) is 10.7. The number of ether oxygens (including phenoxy) is 2. The van der Waals surface area contributed by atoms with E-state index in [1.807, 2.05) is 62.6 Å². The van der Waals surface area contributed by atoms with Crippen LogP contribution in [-0.4, -0.2) is 42.7 Å². The van der Waals surface area contributed by atoms with E-state index in [0.717, 1.165) is 22.8 Å². The normalized spacial score (nSPS) is 12.6. The maximum absolute atomic E-state index is 12.5. The number of aromatic nitrogens is 6. The lowest BCUT2D eigenvalue weighted by atomic mass is 9.98. The van der Waals surface area contributed by atoms with Gasteiger partial charge >= 0.3 is 0 Å². The molecule has 2 aromatic carbocycles. The van der Waals surface area contributed by atoms with Crippen LogP contribution < -0.4 is 30.8 Å². The summed E-state index contributed by atoms with van der Waals surface area (Å²) in [6, 6.07) is 23.7. The molecule has 4 aromatic heterocycles. The molecule has 0 radical (unpaired) electrons. The number of pyridine rings is 2. The molecule has 6 aromatic rings. The highest BCUT2D eigenvalue weighted by molar-refractivity contribution is 5.63. The zero-order valence-electron chi connectivity index (χ0n) is 24.6. The first-order valence-electron chi connectivity index (χ1n) is 14.3. The van der Waals surface area contributed by atoms with E-state index in [0.29, 0.717) is 36.2 Å². The highest BCUT2D eigenvalue weighted by Gasteiger charge is 2.32. The van der Waals surface area contributed by atoms with Crippen LogP contribution in [0.1, 0.15) is 17.2 Å². The van der Waals surface area contributed by atoms with Crippen molar-refractivity contribution in [1.29, 1.82) is 0 Å². The van der Waals surface area contributed by atoms with Gasteiger partial charge in [0.05, 0.1) is 20.3 Å². The number of fused-ring (bicyclic) bond motifs is 6. The third-order valence-electron chi connectivity index (χ3n) is 7.87. The molecule has 0 saturated carbocycles. The van der Waals surface area contributed by atoms with Crippen molar-refractivity contribution in [2.24, 2.45) is 0 Å². The van der Waals surface area contributed by atoms with Gasteiger partial charge in [0.1, 0.15) is 13.3 Å². The smallest absolute Gasteiger partial charge is 0.224 e. The lowest BCUT2D eigenvalue weighted by Crippen LogP contribution is -2.44. The predicted octanol–water partition coefficient (Wildman–Crippen LogP) is 3.65. The quantitative estimate of drug-likeness (QED) is 0.318. The number of hydrogen-bond donors (Lipinski definition) is 1. The van der Waals surface area contributed by atoms with E-state index in [4.69, 9.17) is 9.47 Å². The number of hydrogen-bond acceptors (Lipinski definition) is 8. The zero-order chi connectivity index (χ0) is 30.9. The molecule has 1 N–H and O–H groups in total. The standard InChI is InChI=1S/C23H20N4O2.C10H10N4O2/c1-29-22-19(28)12-14-26-21(22)23-24-13-15-25(23)16-27(26)20(17-8-4-2-5-9-17)18-10-6-3-7-11-18;1-16-9-7(15)2-4-14-8(9)10-11-3-5-13(10)6-12-14/h2-15,20H,16H2,1H3;2-5,12H,6H2,1H3. The molecule has 0 bridgehead atoms. The third kappa shape index (κ3) is 4.82. The minimum absolute atomic E-state index is 0.0566. The van der Waals surface area contributed by atoms with Gasteiger partial charge in [-0.3, -0.25) is 24.0 Å². The average Bonchev–Trinajstić information content (AvgIpc) is 3.76. The highest BCUT2D eigenvalue weighted by atomic mass is 16.5. The van der Waals surface area contributed by atoms with Gasteiger partial charge < -0.3 is 24.0 Å². The molecule has 0 unspecified atom stereocenters. The van der Waals surface area contributed by atoms with E-state index in [-0.39, 0.29) is 16.9 Å². The molecular weight excluding hydrogens is 572 g/mol. The van der Waals surface area contributed by atoms with E-state index in [1.165, 1.54) is 20.3 Å². The van der Waals surface area contributed by atoms with Crippen LogP contribution in [0.25, 0.3) is 23.0 Å². The van der Waals surface area contributed by atoms with Gasteiger partial charge in [0.2, 0.25) is 10.9 Å². The molecular formula is C33H30N8O4. The van der Waals surface area contributed by atoms with Crippen molar-refractivity contribution < 1.29 is 9.47 Å². The summed E-state index contributed by atoms with van der Waals surface area (Å²) in [7, 11) is 3.01. The van der Waals surface area contributed by atoms with E-state index < -0.39 is 0 Å². The molecule has 8 rings (SSSR count). The summed E-state index contributed by atoms with van der Waals surface area (Å²) in [5.74, 6) is 2.05. The van der Waals surface area contributed by atoms with Gasteiger partial charge in [0.15, 0.2) is 34.5 Å². The first-order chi connectivity index (χ1) is 22.1. The van der Waals surface area contributed by atoms with Crippen LogP contribution in [0.15, 0.2) is 120 Å². The molecule has 0 fully saturated rings. The van der Waals surface area contributed by atoms with E-state index in [1.54, 1.807) is 35.5 Å². The van der Waals surface area contributed by atoms with E-state index in [2.05, 4.69) is 44.7 Å². The summed E-state index contributed by atoms with van der Waals surface area (Å²) >= 11 is 0. The molecule has 0 saturated heterocycles. The van der Waals surface area contributed by atoms with Crippen molar-refractivity contribution in [2.45, 2.75) is 19.4 Å². The molecule has 0 spiro atoms. The molecule has 12 heteroatoms. The fourth-order valence-electron chi connectivity index (χ4n) is 5.87. The Morgan fingerprint density at radius 3 is 1.87 bits per heavy atom. The summed E-state index contributed by atoms with van der Waals surface area (Å²) in [6.45, 7) is 1.21. The minimum atomic E-state index is -0.161. The van der Waals surface area contributed by atoms with Crippen molar-refractivity contribution in [3.05, 3.63) is 142 Å². The maximum Gasteiger partial charge on any atom is 0.224 e. The molecule has 2 aliphatic heterocycles. The topological polar surface area (TPSA) is 113 Å². The molecule has 12 nitrogen and oxygen atoms in total. The molecule has 0 aliphatic carbocycles. The molecule has 2 aliphatic rings. The second-order valence-electron chi connectivity index (χ2n) is 10.4. The van der Waals surface area contributed by atoms with Gasteiger partial charge in [0, 0.05) is 49.3 Å². The molecule has 0 atom stereocenters. The first kappa shape index (κ1) is 27.8. The lowest BCUT2D eigenvalue weighted by Gasteiger charge is -2.40. The highest BCUT2D eigenvalue weighted by Crippen LogP contribution is 2.36. The largest absolute Gasteiger partial charge is 0.491 e. The van der Waals surface area contributed by atoms with Crippen molar-refractivity contribution >= 4 is 0 Å². The summed E-state index contributed by atoms with van der Waals surface area (Å²) in [5, 5.41) is 2.22. The number of methoxy groups -OCH3 is 2. The second kappa shape index (κ2) is 11.6. The van der Waals surface area contributed by atoms with Crippen molar-refractivity contribution in [3.63, 3.8) is 0 Å². The van der Waals surface area contributed by atoms with Crippen molar-refractivity contribution in [2.75, 3.05) is 24.7 Å². The Morgan fingerprint density at radius 1 is 0.689 bits per heavy atom. The Labute approximate surface area is 257 Å². The van der Waals surface area contributed by atoms with Crippen LogP contribution in [0.4, 0.5) is 0 Å². The number of benzene rings is 2. The van der Waals surface area contributed by atoms with Crippen LogP contribution in [0.2, 0.25) is 0 Å². The van der Waals surface area contributed by atoms with Gasteiger partial charge in [0.25, 0.3) is 0 Å². The predicted molar refractivity (Wildman–Crippen MR) is 169 cm³/mol. The number of imidazole rings is 2. The van der Waals surface area contributed by atoms with Crippen molar-refractivity contribution in [1.82, 2.24) is 28.5 Å². The number of rotatable bonds is 5. The fourth-order valence-corrected chi connectivity index (χ4v) is 5.87. The van der Waals surface area contributed by atoms with Crippen LogP contribution in [-0.2, 0) is 13.3 Å². The SMILES string of the molecule is COc1c2n(ccc1=O)N(C(c1ccccc1)c1ccccc1)Cn1ccnc1-2.COc1c2n(ccc1=O)NCn1ccnc1-2. The summed E-state index contributed by atoms with van der Waals surface area (Å²) in [5.41, 5.74) is 6.46. The Bertz CT molecular complexity index is 2040. The van der Waals surface area contributed by atoms with E-state index in [9.17, 15) is 9.59 Å². The van der Waals surface area contributed by atoms with Crippen LogP contribution >= 0.6 is 0 Å². The Morgan fingerprint density at radius 2 is 1.24 bits per heavy atom. The van der Waals surface area contributed by atoms with Crippen molar-refractivity contribution in [3.8, 4) is 34.5 Å². The van der Waals surface area contributed by atoms with Crippen LogP contribution in [0.3, 0.4) is 0 Å². The van der Waals surface area contributed by atoms with E-state index >= 15 is 0 Å². The maximum atomic E-state index is 12.5. The molecule has 226 valence electrons. The van der Waals surface area contributed by atoms with Gasteiger partial charge in [-0.05, 0) is 11.1 Å². The molecule has 0 amide bonds. The number of nitrogens with zero attached hydrogens (tertiary/aromatic N) is 7. The Kier molecular flexibility index (Phi) is 7.14. The average molecular weight is 603 g/mol. The summed E-state index contributed by atoms with van der Waals surface area (Å²) < 4.78 is 18.3. The first-order valence-corrected chi connectivity index (χ1v) is 14.3. The van der Waals surface area contributed by atoms with Crippen LogP contribution in [0.5, 0.6) is 11.5 Å². The van der Waals surface area contributed by atoms with Gasteiger partial charge in [-0.1, -0.05) is 60.7 Å². The molecule has 45 heavy (non-hydrogen) atoms. The van der Waals surface area contributed by atoms with Gasteiger partial charge in [-0.2, -0.15) is 0 Å². The van der Waals surface area contributed by atoms with Crippen LogP contribution in [0, 0.1) is 0 Å². The minimum Gasteiger partial charge on any atom is -0.491 e. The Balaban J connectivity index is 0.000000171. The number of nitrogens with one attached hydrogen (secondary N) is 1.